The van der Waals surface area contributed by atoms with E-state index in [1.807, 2.05) is 0 Å². The van der Waals surface area contributed by atoms with Crippen LogP contribution in [0.3, 0.4) is 0 Å². The molecule has 2 amide bonds. The lowest BCUT2D eigenvalue weighted by Gasteiger charge is -2.42. The highest BCUT2D eigenvalue weighted by Gasteiger charge is 2.37. The number of nitrogens with one attached hydrogen (secondary N) is 3. The Kier molecular flexibility index (Phi) is 7.63. The summed E-state index contributed by atoms with van der Waals surface area (Å²) in [6.07, 6.45) is 0.807. The average molecular weight is 471 g/mol. The van der Waals surface area contributed by atoms with Gasteiger partial charge in [-0.15, -0.1) is 0 Å². The van der Waals surface area contributed by atoms with E-state index < -0.39 is 0 Å². The highest BCUT2D eigenvalue weighted by molar-refractivity contribution is 7.99. The van der Waals surface area contributed by atoms with Crippen molar-refractivity contribution < 1.29 is 14.5 Å². The molecule has 1 aliphatic heterocycles. The molecule has 0 aromatic heterocycles. The Morgan fingerprint density at radius 3 is 2.52 bits per heavy atom. The molecule has 1 heterocycles. The molecule has 3 N–H and O–H groups in total. The van der Waals surface area contributed by atoms with Crippen molar-refractivity contribution in [2.24, 2.45) is 5.41 Å². The molecule has 9 heteroatoms. The van der Waals surface area contributed by atoms with Crippen molar-refractivity contribution in [1.29, 1.82) is 0 Å². The van der Waals surface area contributed by atoms with Gasteiger partial charge >= 0.3 is 0 Å². The Morgan fingerprint density at radius 1 is 1.21 bits per heavy atom. The van der Waals surface area contributed by atoms with Gasteiger partial charge in [0.25, 0.3) is 11.6 Å². The summed E-state index contributed by atoms with van der Waals surface area (Å²) in [4.78, 5) is 34.7. The van der Waals surface area contributed by atoms with Crippen molar-refractivity contribution in [2.45, 2.75) is 45.4 Å². The number of nitro benzene ring substituents is 1. The Bertz CT molecular complexity index is 1040. The summed E-state index contributed by atoms with van der Waals surface area (Å²) in [5.74, 6) is 0.568. The van der Waals surface area contributed by atoms with Gasteiger partial charge in [0, 0.05) is 59.2 Å². The smallest absolute Gasteiger partial charge is 0.269 e. The van der Waals surface area contributed by atoms with Crippen LogP contribution in [0.15, 0.2) is 42.5 Å². The monoisotopic (exact) mass is 470 g/mol. The number of nitrogens with zero attached hydrogens (tertiary/aromatic N) is 1. The lowest BCUT2D eigenvalue weighted by atomic mass is 9.78. The number of carbonyl (C=O) groups is 2. The number of thioether (sulfide) groups is 1. The summed E-state index contributed by atoms with van der Waals surface area (Å²) in [5, 5.41) is 20.6. The summed E-state index contributed by atoms with van der Waals surface area (Å²) < 4.78 is 0. The number of fused-ring (bicyclic) bond motifs is 1. The molecular weight excluding hydrogens is 440 g/mol. The second-order valence-electron chi connectivity index (χ2n) is 8.84. The van der Waals surface area contributed by atoms with Crippen LogP contribution in [0, 0.1) is 15.5 Å². The van der Waals surface area contributed by atoms with Crippen molar-refractivity contribution >= 4 is 40.6 Å². The van der Waals surface area contributed by atoms with E-state index in [1.54, 1.807) is 48.2 Å². The molecule has 0 spiro atoms. The number of non-ortho nitro benzene ring substituents is 1. The van der Waals surface area contributed by atoms with E-state index in [9.17, 15) is 19.7 Å². The van der Waals surface area contributed by atoms with Crippen LogP contribution >= 0.6 is 11.8 Å². The number of carbonyl (C=O) groups excluding carboxylic acids is 2. The number of rotatable bonds is 8. The van der Waals surface area contributed by atoms with Gasteiger partial charge in [-0.25, -0.2) is 0 Å². The van der Waals surface area contributed by atoms with Crippen LogP contribution in [0.25, 0.3) is 0 Å². The zero-order chi connectivity index (χ0) is 24.2. The second kappa shape index (κ2) is 10.2. The molecule has 0 aliphatic carbocycles. The third-order valence-electron chi connectivity index (χ3n) is 5.86. The molecule has 33 heavy (non-hydrogen) atoms. The van der Waals surface area contributed by atoms with Crippen molar-refractivity contribution in [3.63, 3.8) is 0 Å². The molecule has 0 saturated carbocycles. The Labute approximate surface area is 198 Å². The molecule has 2 aromatic rings. The first-order valence-electron chi connectivity index (χ1n) is 10.9. The van der Waals surface area contributed by atoms with E-state index >= 15 is 0 Å². The maximum absolute atomic E-state index is 12.7. The highest BCUT2D eigenvalue weighted by Crippen LogP contribution is 2.46. The predicted molar refractivity (Wildman–Crippen MR) is 133 cm³/mol. The number of benzene rings is 2. The van der Waals surface area contributed by atoms with E-state index in [0.29, 0.717) is 17.8 Å². The largest absolute Gasteiger partial charge is 0.381 e. The lowest BCUT2D eigenvalue weighted by molar-refractivity contribution is -0.384. The second-order valence-corrected chi connectivity index (χ2v) is 10.3. The van der Waals surface area contributed by atoms with Crippen LogP contribution in [0.2, 0.25) is 0 Å². The first-order chi connectivity index (χ1) is 15.6. The van der Waals surface area contributed by atoms with Crippen molar-refractivity contribution in [3.8, 4) is 0 Å². The summed E-state index contributed by atoms with van der Waals surface area (Å²) in [5.41, 5.74) is 2.88. The van der Waals surface area contributed by atoms with Crippen LogP contribution in [0.1, 0.15) is 55.3 Å². The maximum Gasteiger partial charge on any atom is 0.269 e. The molecule has 2 atom stereocenters. The molecule has 3 rings (SSSR count). The normalized spacial score (nSPS) is 17.5. The van der Waals surface area contributed by atoms with Gasteiger partial charge in [-0.05, 0) is 48.1 Å². The predicted octanol–water partition coefficient (Wildman–Crippen LogP) is 4.99. The van der Waals surface area contributed by atoms with Crippen molar-refractivity contribution in [2.75, 3.05) is 22.9 Å². The SMILES string of the molecule is CCSC1CC(C(C)(C)CNC(=O)c2ccc(NC(C)=O)cc2)Nc2ccc([N+](=O)[O-])cc21. The van der Waals surface area contributed by atoms with Crippen molar-refractivity contribution in [3.05, 3.63) is 63.7 Å². The lowest BCUT2D eigenvalue weighted by Crippen LogP contribution is -2.47. The fourth-order valence-corrected chi connectivity index (χ4v) is 5.07. The zero-order valence-corrected chi connectivity index (χ0v) is 20.1. The van der Waals surface area contributed by atoms with E-state index in [4.69, 9.17) is 0 Å². The highest BCUT2D eigenvalue weighted by atomic mass is 32.2. The van der Waals surface area contributed by atoms with Crippen molar-refractivity contribution in [1.82, 2.24) is 5.32 Å². The maximum atomic E-state index is 12.7. The fourth-order valence-electron chi connectivity index (χ4n) is 3.96. The van der Waals surface area contributed by atoms with E-state index in [2.05, 4.69) is 36.7 Å². The minimum Gasteiger partial charge on any atom is -0.381 e. The quantitative estimate of drug-likeness (QED) is 0.370. The minimum atomic E-state index is -0.359. The van der Waals surface area contributed by atoms with Gasteiger partial charge in [0.2, 0.25) is 5.91 Å². The molecule has 2 unspecified atom stereocenters. The van der Waals surface area contributed by atoms with Crippen LogP contribution < -0.4 is 16.0 Å². The molecule has 1 aliphatic rings. The molecular formula is C24H30N4O4S. The van der Waals surface area contributed by atoms with E-state index in [1.165, 1.54) is 13.0 Å². The van der Waals surface area contributed by atoms with Gasteiger partial charge in [0.05, 0.1) is 4.92 Å². The molecule has 0 fully saturated rings. The summed E-state index contributed by atoms with van der Waals surface area (Å²) in [7, 11) is 0. The zero-order valence-electron chi connectivity index (χ0n) is 19.3. The molecule has 0 radical (unpaired) electrons. The van der Waals surface area contributed by atoms with Crippen LogP contribution in [-0.4, -0.2) is 35.1 Å². The van der Waals surface area contributed by atoms with E-state index in [0.717, 1.165) is 23.4 Å². The first kappa shape index (κ1) is 24.6. The first-order valence-corrected chi connectivity index (χ1v) is 12.0. The Hall–Kier alpha value is -3.07. The third kappa shape index (κ3) is 6.04. The van der Waals surface area contributed by atoms with Gasteiger partial charge in [0.1, 0.15) is 0 Å². The number of hydrogen-bond acceptors (Lipinski definition) is 6. The third-order valence-corrected chi connectivity index (χ3v) is 7.04. The Balaban J connectivity index is 1.69. The number of hydrogen-bond donors (Lipinski definition) is 3. The van der Waals surface area contributed by atoms with Gasteiger partial charge in [-0.3, -0.25) is 19.7 Å². The molecule has 0 saturated heterocycles. The summed E-state index contributed by atoms with van der Waals surface area (Å²) in [6.45, 7) is 8.19. The molecule has 8 nitrogen and oxygen atoms in total. The van der Waals surface area contributed by atoms with Gasteiger partial charge in [-0.1, -0.05) is 20.8 Å². The summed E-state index contributed by atoms with van der Waals surface area (Å²) >= 11 is 1.78. The van der Waals surface area contributed by atoms with Crippen LogP contribution in [0.5, 0.6) is 0 Å². The number of amides is 2. The molecule has 176 valence electrons. The summed E-state index contributed by atoms with van der Waals surface area (Å²) in [6, 6.07) is 11.8. The molecule has 2 aromatic carbocycles. The molecule has 0 bridgehead atoms. The average Bonchev–Trinajstić information content (AvgIpc) is 2.77. The topological polar surface area (TPSA) is 113 Å². The Morgan fingerprint density at radius 2 is 1.91 bits per heavy atom. The number of anilines is 2. The van der Waals surface area contributed by atoms with Crippen LogP contribution in [0.4, 0.5) is 17.1 Å². The van der Waals surface area contributed by atoms with Gasteiger partial charge in [0.15, 0.2) is 0 Å². The van der Waals surface area contributed by atoms with Crippen LogP contribution in [-0.2, 0) is 4.79 Å². The van der Waals surface area contributed by atoms with E-state index in [-0.39, 0.29) is 39.1 Å². The minimum absolute atomic E-state index is 0.0814. The standard InChI is InChI=1S/C24H30N4O4S/c1-5-33-21-13-22(27-20-11-10-18(28(31)32)12-19(20)21)24(3,4)14-25-23(30)16-6-8-17(9-7-16)26-15(2)29/h6-12,21-22,27H,5,13-14H2,1-4H3,(H,25,30)(H,26,29). The number of nitro groups is 1. The van der Waals surface area contributed by atoms with Gasteiger partial charge < -0.3 is 16.0 Å². The van der Waals surface area contributed by atoms with Gasteiger partial charge in [-0.2, -0.15) is 11.8 Å². The fraction of sp³-hybridized carbons (Fsp3) is 0.417.